The lowest BCUT2D eigenvalue weighted by Gasteiger charge is -2.14. The third-order valence-electron chi connectivity index (χ3n) is 5.31. The van der Waals surface area contributed by atoms with Crippen molar-refractivity contribution in [3.63, 3.8) is 0 Å². The average Bonchev–Trinajstić information content (AvgIpc) is 3.23. The summed E-state index contributed by atoms with van der Waals surface area (Å²) < 4.78 is 17.7. The van der Waals surface area contributed by atoms with Gasteiger partial charge in [-0.25, -0.2) is 9.97 Å². The molecule has 2 heterocycles. The van der Waals surface area contributed by atoms with Crippen molar-refractivity contribution in [3.05, 3.63) is 66.5 Å². The molecule has 4 rings (SSSR count). The highest BCUT2D eigenvalue weighted by atomic mass is 16.5. The minimum absolute atomic E-state index is 0.0534. The number of aryl methyl sites for hydroxylation is 1. The summed E-state index contributed by atoms with van der Waals surface area (Å²) in [6, 6.07) is 18.2. The fourth-order valence-electron chi connectivity index (χ4n) is 3.58. The van der Waals surface area contributed by atoms with E-state index in [0.717, 1.165) is 23.1 Å². The Morgan fingerprint density at radius 3 is 2.52 bits per heavy atom. The maximum atomic E-state index is 10.7. The third-order valence-corrected chi connectivity index (χ3v) is 5.31. The Balaban J connectivity index is 1.73. The molecule has 0 radical (unpaired) electrons. The molecular weight excluding hydrogens is 420 g/mol. The monoisotopic (exact) mass is 446 g/mol. The predicted octanol–water partition coefficient (Wildman–Crippen LogP) is 5.38. The van der Waals surface area contributed by atoms with Crippen molar-refractivity contribution in [2.24, 2.45) is 0 Å². The Hall–Kier alpha value is -3.71. The van der Waals surface area contributed by atoms with Gasteiger partial charge in [0.15, 0.2) is 0 Å². The van der Waals surface area contributed by atoms with Crippen molar-refractivity contribution in [1.29, 1.82) is 0 Å². The molecule has 0 unspecified atom stereocenters. The smallest absolute Gasteiger partial charge is 0.305 e. The van der Waals surface area contributed by atoms with Gasteiger partial charge < -0.3 is 19.0 Å². The van der Waals surface area contributed by atoms with E-state index in [1.807, 2.05) is 37.3 Å². The quantitative estimate of drug-likeness (QED) is 0.349. The lowest BCUT2D eigenvalue weighted by atomic mass is 9.98. The van der Waals surface area contributed by atoms with Crippen molar-refractivity contribution in [3.8, 4) is 28.3 Å². The highest BCUT2D eigenvalue weighted by Crippen LogP contribution is 2.43. The van der Waals surface area contributed by atoms with Crippen LogP contribution < -0.4 is 4.74 Å². The van der Waals surface area contributed by atoms with Crippen molar-refractivity contribution in [2.75, 3.05) is 13.2 Å². The lowest BCUT2D eigenvalue weighted by Crippen LogP contribution is -2.20. The van der Waals surface area contributed by atoms with Gasteiger partial charge in [-0.3, -0.25) is 4.79 Å². The lowest BCUT2D eigenvalue weighted by molar-refractivity contribution is -0.138. The molecule has 0 spiro atoms. The van der Waals surface area contributed by atoms with Crippen LogP contribution in [0.5, 0.6) is 5.88 Å². The van der Waals surface area contributed by atoms with Crippen LogP contribution in [0, 0.1) is 0 Å². The molecule has 0 saturated heterocycles. The van der Waals surface area contributed by atoms with E-state index in [-0.39, 0.29) is 25.7 Å². The van der Waals surface area contributed by atoms with E-state index in [2.05, 4.69) is 41.2 Å². The van der Waals surface area contributed by atoms with Crippen LogP contribution in [-0.2, 0) is 16.0 Å². The molecule has 0 fully saturated rings. The second kappa shape index (κ2) is 10.3. The molecule has 33 heavy (non-hydrogen) atoms. The Morgan fingerprint density at radius 2 is 1.82 bits per heavy atom. The molecular formula is C26H26N2O5. The second-order valence-electron chi connectivity index (χ2n) is 7.72. The van der Waals surface area contributed by atoms with Crippen LogP contribution in [0.4, 0.5) is 0 Å². The number of hydrogen-bond acceptors (Lipinski definition) is 6. The summed E-state index contributed by atoms with van der Waals surface area (Å²) in [7, 11) is 0. The van der Waals surface area contributed by atoms with Crippen LogP contribution in [0.2, 0.25) is 0 Å². The van der Waals surface area contributed by atoms with E-state index in [0.29, 0.717) is 22.7 Å². The summed E-state index contributed by atoms with van der Waals surface area (Å²) in [5.41, 5.74) is 4.46. The van der Waals surface area contributed by atoms with Crippen LogP contribution in [0.3, 0.4) is 0 Å². The van der Waals surface area contributed by atoms with Crippen LogP contribution in [-0.4, -0.2) is 40.4 Å². The minimum atomic E-state index is -0.897. The van der Waals surface area contributed by atoms with Gasteiger partial charge in [0.2, 0.25) is 11.6 Å². The summed E-state index contributed by atoms with van der Waals surface area (Å²) >= 11 is 0. The summed E-state index contributed by atoms with van der Waals surface area (Å²) in [6.07, 6.45) is 2.01. The van der Waals surface area contributed by atoms with Crippen LogP contribution >= 0.6 is 0 Å². The molecule has 1 atom stereocenters. The van der Waals surface area contributed by atoms with E-state index in [9.17, 15) is 4.79 Å². The molecule has 0 aliphatic rings. The summed E-state index contributed by atoms with van der Waals surface area (Å²) in [4.78, 5) is 19.4. The number of nitrogens with zero attached hydrogens (tertiary/aromatic N) is 2. The first-order valence-electron chi connectivity index (χ1n) is 10.9. The fourth-order valence-corrected chi connectivity index (χ4v) is 3.58. The first-order chi connectivity index (χ1) is 16.1. The zero-order chi connectivity index (χ0) is 23.2. The number of ether oxygens (including phenoxy) is 2. The Labute approximate surface area is 192 Å². The number of carbonyl (C=O) groups is 1. The SMILES string of the molecule is CCc1ccc(-c2c(-c3ccccc3)oc3ncnc(OC[C@@H](C)OCCC(=O)O)c23)cc1. The standard InChI is InChI=1S/C26H26N2O5/c1-3-18-9-11-19(12-10-18)22-23-25(32-15-17(2)31-14-13-21(29)30)27-16-28-26(23)33-24(22)20-7-5-4-6-8-20/h4-12,16-17H,3,13-15H2,1-2H3,(H,29,30)/t17-/m1/s1. The third kappa shape index (κ3) is 5.21. The number of benzene rings is 2. The van der Waals surface area contributed by atoms with E-state index in [1.54, 1.807) is 0 Å². The van der Waals surface area contributed by atoms with Crippen molar-refractivity contribution >= 4 is 17.1 Å². The van der Waals surface area contributed by atoms with Gasteiger partial charge >= 0.3 is 5.97 Å². The van der Waals surface area contributed by atoms with Gasteiger partial charge in [-0.15, -0.1) is 0 Å². The Morgan fingerprint density at radius 1 is 1.06 bits per heavy atom. The average molecular weight is 447 g/mol. The molecule has 7 heteroatoms. The number of aliphatic carboxylic acids is 1. The number of furan rings is 1. The Bertz CT molecular complexity index is 1220. The van der Waals surface area contributed by atoms with E-state index >= 15 is 0 Å². The number of hydrogen-bond donors (Lipinski definition) is 1. The van der Waals surface area contributed by atoms with Gasteiger partial charge in [-0.1, -0.05) is 61.5 Å². The summed E-state index contributed by atoms with van der Waals surface area (Å²) in [6.45, 7) is 4.29. The maximum absolute atomic E-state index is 10.7. The van der Waals surface area contributed by atoms with Gasteiger partial charge in [0.25, 0.3) is 0 Å². The normalized spacial score (nSPS) is 12.1. The number of carboxylic acids is 1. The van der Waals surface area contributed by atoms with Crippen molar-refractivity contribution in [2.45, 2.75) is 32.8 Å². The number of aromatic nitrogens is 2. The molecule has 2 aromatic heterocycles. The highest BCUT2D eigenvalue weighted by molar-refractivity contribution is 6.03. The van der Waals surface area contributed by atoms with Crippen molar-refractivity contribution < 1.29 is 23.8 Å². The van der Waals surface area contributed by atoms with Gasteiger partial charge in [-0.05, 0) is 24.5 Å². The summed E-state index contributed by atoms with van der Waals surface area (Å²) in [5.74, 6) is 0.200. The Kier molecular flexibility index (Phi) is 7.00. The molecule has 0 aliphatic heterocycles. The van der Waals surface area contributed by atoms with E-state index in [4.69, 9.17) is 19.0 Å². The predicted molar refractivity (Wildman–Crippen MR) is 125 cm³/mol. The van der Waals surface area contributed by atoms with Crippen LogP contribution in [0.1, 0.15) is 25.8 Å². The molecule has 170 valence electrons. The minimum Gasteiger partial charge on any atom is -0.481 e. The molecule has 2 aromatic carbocycles. The largest absolute Gasteiger partial charge is 0.481 e. The second-order valence-corrected chi connectivity index (χ2v) is 7.72. The molecule has 0 bridgehead atoms. The maximum Gasteiger partial charge on any atom is 0.305 e. The fraction of sp³-hybridized carbons (Fsp3) is 0.269. The first kappa shape index (κ1) is 22.5. The zero-order valence-corrected chi connectivity index (χ0v) is 18.7. The van der Waals surface area contributed by atoms with Crippen LogP contribution in [0.15, 0.2) is 65.3 Å². The van der Waals surface area contributed by atoms with Gasteiger partial charge in [-0.2, -0.15) is 0 Å². The van der Waals surface area contributed by atoms with E-state index < -0.39 is 5.97 Å². The molecule has 0 aliphatic carbocycles. The molecule has 7 nitrogen and oxygen atoms in total. The molecule has 4 aromatic rings. The van der Waals surface area contributed by atoms with E-state index in [1.165, 1.54) is 11.9 Å². The zero-order valence-electron chi connectivity index (χ0n) is 18.7. The van der Waals surface area contributed by atoms with Gasteiger partial charge in [0, 0.05) is 11.1 Å². The first-order valence-corrected chi connectivity index (χ1v) is 10.9. The number of fused-ring (bicyclic) bond motifs is 1. The topological polar surface area (TPSA) is 94.7 Å². The summed E-state index contributed by atoms with van der Waals surface area (Å²) in [5, 5.41) is 9.47. The highest BCUT2D eigenvalue weighted by Gasteiger charge is 2.23. The van der Waals surface area contributed by atoms with Crippen molar-refractivity contribution in [1.82, 2.24) is 9.97 Å². The molecule has 0 amide bonds. The molecule has 1 N–H and O–H groups in total. The molecule has 0 saturated carbocycles. The van der Waals surface area contributed by atoms with Gasteiger partial charge in [0.05, 0.1) is 19.1 Å². The number of rotatable bonds is 10. The van der Waals surface area contributed by atoms with Crippen LogP contribution in [0.25, 0.3) is 33.6 Å². The number of carboxylic acid groups (broad SMARTS) is 1. The van der Waals surface area contributed by atoms with Gasteiger partial charge in [0.1, 0.15) is 24.1 Å².